The van der Waals surface area contributed by atoms with E-state index in [1.165, 1.54) is 6.26 Å². The maximum atomic E-state index is 13.0. The minimum absolute atomic E-state index is 0.0361. The van der Waals surface area contributed by atoms with Gasteiger partial charge < -0.3 is 18.8 Å². The van der Waals surface area contributed by atoms with E-state index >= 15 is 0 Å². The summed E-state index contributed by atoms with van der Waals surface area (Å²) in [5.74, 6) is 0.270. The summed E-state index contributed by atoms with van der Waals surface area (Å²) in [5.41, 5.74) is 1.06. The molecule has 0 saturated heterocycles. The molecule has 142 valence electrons. The normalized spacial score (nSPS) is 11.2. The van der Waals surface area contributed by atoms with Crippen molar-refractivity contribution in [1.82, 2.24) is 14.4 Å². The van der Waals surface area contributed by atoms with Crippen LogP contribution in [0.3, 0.4) is 0 Å². The Labute approximate surface area is 155 Å². The highest BCUT2D eigenvalue weighted by atomic mass is 16.3. The second-order valence-electron chi connectivity index (χ2n) is 7.28. The zero-order valence-corrected chi connectivity index (χ0v) is 16.3. The van der Waals surface area contributed by atoms with Crippen LogP contribution in [0, 0.1) is 5.92 Å². The Hall–Kier alpha value is -2.50. The van der Waals surface area contributed by atoms with Crippen LogP contribution < -0.4 is 0 Å². The molecule has 0 N–H and O–H groups in total. The molecule has 0 radical (unpaired) electrons. The first-order valence-corrected chi connectivity index (χ1v) is 9.02. The Morgan fingerprint density at radius 3 is 2.38 bits per heavy atom. The molecule has 2 heterocycles. The third-order valence-electron chi connectivity index (χ3n) is 4.26. The Morgan fingerprint density at radius 2 is 1.88 bits per heavy atom. The molecule has 0 fully saturated rings. The summed E-state index contributed by atoms with van der Waals surface area (Å²) in [4.78, 5) is 29.0. The first-order valence-electron chi connectivity index (χ1n) is 9.02. The van der Waals surface area contributed by atoms with Gasteiger partial charge in [0.2, 0.25) is 5.91 Å². The first kappa shape index (κ1) is 19.8. The van der Waals surface area contributed by atoms with Crippen LogP contribution in [-0.2, 0) is 18.4 Å². The Kier molecular flexibility index (Phi) is 6.66. The summed E-state index contributed by atoms with van der Waals surface area (Å²) in [7, 11) is 1.97. The molecule has 0 saturated carbocycles. The van der Waals surface area contributed by atoms with Crippen molar-refractivity contribution in [2.45, 2.75) is 40.3 Å². The molecule has 2 aromatic rings. The monoisotopic (exact) mass is 359 g/mol. The molecule has 0 spiro atoms. The number of amides is 2. The van der Waals surface area contributed by atoms with Gasteiger partial charge in [0.05, 0.1) is 12.8 Å². The van der Waals surface area contributed by atoms with E-state index in [1.807, 2.05) is 48.7 Å². The summed E-state index contributed by atoms with van der Waals surface area (Å²) in [6.45, 7) is 9.18. The van der Waals surface area contributed by atoms with Gasteiger partial charge >= 0.3 is 0 Å². The first-order chi connectivity index (χ1) is 12.3. The average molecular weight is 359 g/mol. The van der Waals surface area contributed by atoms with E-state index in [2.05, 4.69) is 13.8 Å². The molecule has 0 bridgehead atoms. The van der Waals surface area contributed by atoms with Gasteiger partial charge in [0, 0.05) is 31.5 Å². The molecule has 0 unspecified atom stereocenters. The number of furan rings is 1. The minimum atomic E-state index is -0.262. The van der Waals surface area contributed by atoms with E-state index in [1.54, 1.807) is 17.0 Å². The summed E-state index contributed by atoms with van der Waals surface area (Å²) < 4.78 is 7.22. The molecule has 6 heteroatoms. The summed E-state index contributed by atoms with van der Waals surface area (Å²) in [6.07, 6.45) is 3.43. The van der Waals surface area contributed by atoms with Gasteiger partial charge in [0.1, 0.15) is 6.54 Å². The van der Waals surface area contributed by atoms with Gasteiger partial charge in [-0.15, -0.1) is 0 Å². The molecule has 0 aliphatic heterocycles. The van der Waals surface area contributed by atoms with Gasteiger partial charge in [0.25, 0.3) is 5.91 Å². The van der Waals surface area contributed by atoms with Crippen molar-refractivity contribution < 1.29 is 14.0 Å². The average Bonchev–Trinajstić information content (AvgIpc) is 3.23. The lowest BCUT2D eigenvalue weighted by Gasteiger charge is -2.30. The van der Waals surface area contributed by atoms with E-state index in [0.29, 0.717) is 19.0 Å². The number of carbonyl (C=O) groups excluding carboxylic acids is 2. The number of hydrogen-bond donors (Lipinski definition) is 0. The molecule has 0 aliphatic rings. The van der Waals surface area contributed by atoms with Gasteiger partial charge in [-0.2, -0.15) is 0 Å². The van der Waals surface area contributed by atoms with Crippen LogP contribution in [0.15, 0.2) is 41.1 Å². The molecular weight excluding hydrogens is 330 g/mol. The fraction of sp³-hybridized carbons (Fsp3) is 0.500. The van der Waals surface area contributed by atoms with Crippen molar-refractivity contribution in [3.8, 4) is 0 Å². The van der Waals surface area contributed by atoms with Gasteiger partial charge in [-0.3, -0.25) is 9.59 Å². The second kappa shape index (κ2) is 8.74. The predicted molar refractivity (Wildman–Crippen MR) is 101 cm³/mol. The third-order valence-corrected chi connectivity index (χ3v) is 4.26. The lowest BCUT2D eigenvalue weighted by Crippen LogP contribution is -2.46. The number of nitrogens with zero attached hydrogens (tertiary/aromatic N) is 3. The molecule has 2 amide bonds. The largest absolute Gasteiger partial charge is 0.459 e. The van der Waals surface area contributed by atoms with E-state index in [4.69, 9.17) is 4.42 Å². The van der Waals surface area contributed by atoms with Crippen molar-refractivity contribution in [2.75, 3.05) is 13.1 Å². The Balaban J connectivity index is 2.15. The van der Waals surface area contributed by atoms with Crippen molar-refractivity contribution in [3.63, 3.8) is 0 Å². The highest BCUT2D eigenvalue weighted by Gasteiger charge is 2.26. The molecule has 26 heavy (non-hydrogen) atoms. The Morgan fingerprint density at radius 1 is 1.15 bits per heavy atom. The van der Waals surface area contributed by atoms with Crippen LogP contribution >= 0.6 is 0 Å². The van der Waals surface area contributed by atoms with Crippen LogP contribution in [0.4, 0.5) is 0 Å². The molecule has 0 aromatic carbocycles. The highest BCUT2D eigenvalue weighted by molar-refractivity contribution is 5.94. The van der Waals surface area contributed by atoms with E-state index in [-0.39, 0.29) is 30.2 Å². The number of aryl methyl sites for hydroxylation is 1. The van der Waals surface area contributed by atoms with E-state index in [9.17, 15) is 9.59 Å². The van der Waals surface area contributed by atoms with Gasteiger partial charge in [0.15, 0.2) is 5.76 Å². The van der Waals surface area contributed by atoms with Gasteiger partial charge in [-0.25, -0.2) is 0 Å². The molecule has 2 aromatic heterocycles. The van der Waals surface area contributed by atoms with Crippen molar-refractivity contribution in [1.29, 1.82) is 0 Å². The topological polar surface area (TPSA) is 58.7 Å². The summed E-state index contributed by atoms with van der Waals surface area (Å²) >= 11 is 0. The molecule has 2 rings (SSSR count). The fourth-order valence-electron chi connectivity index (χ4n) is 2.83. The lowest BCUT2D eigenvalue weighted by atomic mass is 10.2. The van der Waals surface area contributed by atoms with Crippen molar-refractivity contribution in [2.24, 2.45) is 13.0 Å². The Bertz CT molecular complexity index is 717. The standard InChI is InChI=1S/C20H29N3O3/c1-15(2)12-22(13-17-8-6-10-21(17)5)19(24)14-23(16(3)4)20(25)18-9-7-11-26-18/h6-11,15-16H,12-14H2,1-5H3. The zero-order chi connectivity index (χ0) is 19.3. The molecule has 0 atom stereocenters. The van der Waals surface area contributed by atoms with Crippen LogP contribution in [0.5, 0.6) is 0 Å². The van der Waals surface area contributed by atoms with Crippen molar-refractivity contribution >= 4 is 11.8 Å². The molecule has 6 nitrogen and oxygen atoms in total. The van der Waals surface area contributed by atoms with E-state index < -0.39 is 0 Å². The SMILES string of the molecule is CC(C)CN(Cc1cccn1C)C(=O)CN(C(=O)c1ccco1)C(C)C. The second-order valence-corrected chi connectivity index (χ2v) is 7.28. The fourth-order valence-corrected chi connectivity index (χ4v) is 2.83. The van der Waals surface area contributed by atoms with Crippen molar-refractivity contribution in [3.05, 3.63) is 48.2 Å². The third kappa shape index (κ3) is 5.00. The van der Waals surface area contributed by atoms with Gasteiger partial charge in [-0.1, -0.05) is 13.8 Å². The van der Waals surface area contributed by atoms with Crippen LogP contribution in [0.1, 0.15) is 43.9 Å². The number of hydrogen-bond acceptors (Lipinski definition) is 3. The molecular formula is C20H29N3O3. The number of carbonyl (C=O) groups is 2. The minimum Gasteiger partial charge on any atom is -0.459 e. The summed E-state index contributed by atoms with van der Waals surface area (Å²) in [6, 6.07) is 7.17. The summed E-state index contributed by atoms with van der Waals surface area (Å²) in [5, 5.41) is 0. The lowest BCUT2D eigenvalue weighted by molar-refractivity contribution is -0.133. The smallest absolute Gasteiger partial charge is 0.290 e. The number of rotatable bonds is 8. The maximum Gasteiger partial charge on any atom is 0.290 e. The molecule has 0 aliphatic carbocycles. The quantitative estimate of drug-likeness (QED) is 0.727. The van der Waals surface area contributed by atoms with E-state index in [0.717, 1.165) is 5.69 Å². The van der Waals surface area contributed by atoms with Crippen LogP contribution in [0.25, 0.3) is 0 Å². The van der Waals surface area contributed by atoms with Crippen LogP contribution in [0.2, 0.25) is 0 Å². The highest BCUT2D eigenvalue weighted by Crippen LogP contribution is 2.13. The zero-order valence-electron chi connectivity index (χ0n) is 16.3. The number of aromatic nitrogens is 1. The van der Waals surface area contributed by atoms with Crippen LogP contribution in [-0.4, -0.2) is 45.3 Å². The van der Waals surface area contributed by atoms with Gasteiger partial charge in [-0.05, 0) is 44.0 Å². The predicted octanol–water partition coefficient (Wildman–Crippen LogP) is 3.15. The maximum absolute atomic E-state index is 13.0.